The summed E-state index contributed by atoms with van der Waals surface area (Å²) >= 11 is 6.00. The van der Waals surface area contributed by atoms with Crippen LogP contribution >= 0.6 is 11.6 Å². The zero-order valence-electron chi connectivity index (χ0n) is 12.5. The molecule has 114 valence electrons. The summed E-state index contributed by atoms with van der Waals surface area (Å²) in [7, 11) is 0. The summed E-state index contributed by atoms with van der Waals surface area (Å²) in [5.41, 5.74) is 0.894. The van der Waals surface area contributed by atoms with Gasteiger partial charge in [-0.25, -0.2) is 4.79 Å². The van der Waals surface area contributed by atoms with E-state index in [9.17, 15) is 14.7 Å². The Balaban J connectivity index is 2.38. The van der Waals surface area contributed by atoms with Crippen LogP contribution in [-0.4, -0.2) is 34.5 Å². The third kappa shape index (κ3) is 3.21. The van der Waals surface area contributed by atoms with Crippen molar-refractivity contribution in [2.75, 3.05) is 6.54 Å². The molecule has 1 aromatic carbocycles. The molecule has 21 heavy (non-hydrogen) atoms. The SMILES string of the molecule is Cc1cc(Cl)cc(C(=O)N2CCCC(C)(C)C2C(=O)O)c1. The van der Waals surface area contributed by atoms with Gasteiger partial charge in [-0.05, 0) is 48.9 Å². The number of benzene rings is 1. The Morgan fingerprint density at radius 1 is 1.33 bits per heavy atom. The minimum Gasteiger partial charge on any atom is -0.480 e. The van der Waals surface area contributed by atoms with E-state index in [1.165, 1.54) is 4.90 Å². The molecule has 1 saturated heterocycles. The summed E-state index contributed by atoms with van der Waals surface area (Å²) in [6.45, 7) is 6.12. The van der Waals surface area contributed by atoms with Crippen LogP contribution in [0.5, 0.6) is 0 Å². The van der Waals surface area contributed by atoms with Crippen LogP contribution in [0, 0.1) is 12.3 Å². The third-order valence-corrected chi connectivity index (χ3v) is 4.27. The molecule has 1 unspecified atom stereocenters. The first kappa shape index (κ1) is 15.8. The smallest absolute Gasteiger partial charge is 0.326 e. The second kappa shape index (κ2) is 5.68. The van der Waals surface area contributed by atoms with E-state index in [0.29, 0.717) is 17.1 Å². The maximum atomic E-state index is 12.7. The molecule has 2 rings (SSSR count). The van der Waals surface area contributed by atoms with Crippen LogP contribution in [0.1, 0.15) is 42.6 Å². The number of aryl methyl sites for hydroxylation is 1. The van der Waals surface area contributed by atoms with Gasteiger partial charge in [0.05, 0.1) is 0 Å². The second-order valence-electron chi connectivity index (χ2n) is 6.35. The van der Waals surface area contributed by atoms with Crippen LogP contribution in [0.4, 0.5) is 0 Å². The van der Waals surface area contributed by atoms with E-state index in [2.05, 4.69) is 0 Å². The van der Waals surface area contributed by atoms with Gasteiger partial charge < -0.3 is 10.0 Å². The normalized spacial score (nSPS) is 21.1. The Morgan fingerprint density at radius 3 is 2.57 bits per heavy atom. The Morgan fingerprint density at radius 2 is 2.00 bits per heavy atom. The minimum absolute atomic E-state index is 0.263. The van der Waals surface area contributed by atoms with E-state index < -0.39 is 17.4 Å². The largest absolute Gasteiger partial charge is 0.480 e. The third-order valence-electron chi connectivity index (χ3n) is 4.06. The fourth-order valence-corrected chi connectivity index (χ4v) is 3.39. The van der Waals surface area contributed by atoms with Gasteiger partial charge in [-0.1, -0.05) is 25.4 Å². The number of carboxylic acids is 1. The van der Waals surface area contributed by atoms with E-state index in [1.54, 1.807) is 18.2 Å². The van der Waals surface area contributed by atoms with Gasteiger partial charge in [0.1, 0.15) is 6.04 Å². The molecule has 0 aromatic heterocycles. The van der Waals surface area contributed by atoms with Gasteiger partial charge in [0, 0.05) is 17.1 Å². The fraction of sp³-hybridized carbons (Fsp3) is 0.500. The van der Waals surface area contributed by atoms with Crippen molar-refractivity contribution in [3.05, 3.63) is 34.3 Å². The van der Waals surface area contributed by atoms with Crippen LogP contribution in [0.15, 0.2) is 18.2 Å². The average molecular weight is 310 g/mol. The number of carbonyl (C=O) groups is 2. The van der Waals surface area contributed by atoms with Crippen LogP contribution < -0.4 is 0 Å². The van der Waals surface area contributed by atoms with Crippen molar-refractivity contribution < 1.29 is 14.7 Å². The van der Waals surface area contributed by atoms with Crippen molar-refractivity contribution in [1.82, 2.24) is 4.90 Å². The predicted molar refractivity (Wildman–Crippen MR) is 81.7 cm³/mol. The summed E-state index contributed by atoms with van der Waals surface area (Å²) in [5.74, 6) is -1.22. The Hall–Kier alpha value is -1.55. The Labute approximate surface area is 129 Å². The van der Waals surface area contributed by atoms with Crippen LogP contribution in [0.2, 0.25) is 5.02 Å². The molecular weight excluding hydrogens is 290 g/mol. The van der Waals surface area contributed by atoms with Crippen molar-refractivity contribution in [3.63, 3.8) is 0 Å². The average Bonchev–Trinajstić information content (AvgIpc) is 2.34. The molecule has 1 atom stereocenters. The number of hydrogen-bond donors (Lipinski definition) is 1. The summed E-state index contributed by atoms with van der Waals surface area (Å²) < 4.78 is 0. The first-order valence-corrected chi connectivity index (χ1v) is 7.41. The molecule has 0 aliphatic carbocycles. The first-order valence-electron chi connectivity index (χ1n) is 7.03. The monoisotopic (exact) mass is 309 g/mol. The lowest BCUT2D eigenvalue weighted by molar-refractivity contribution is -0.148. The van der Waals surface area contributed by atoms with Crippen molar-refractivity contribution in [2.24, 2.45) is 5.41 Å². The zero-order valence-corrected chi connectivity index (χ0v) is 13.3. The molecule has 0 radical (unpaired) electrons. The van der Waals surface area contributed by atoms with E-state index in [4.69, 9.17) is 11.6 Å². The Kier molecular flexibility index (Phi) is 4.28. The molecule has 1 aliphatic rings. The molecule has 0 bridgehead atoms. The molecule has 1 aliphatic heterocycles. The number of carbonyl (C=O) groups excluding carboxylic acids is 1. The van der Waals surface area contributed by atoms with Gasteiger partial charge >= 0.3 is 5.97 Å². The van der Waals surface area contributed by atoms with Gasteiger partial charge in [0.2, 0.25) is 0 Å². The molecule has 4 nitrogen and oxygen atoms in total. The van der Waals surface area contributed by atoms with Crippen molar-refractivity contribution in [3.8, 4) is 0 Å². The number of piperidine rings is 1. The topological polar surface area (TPSA) is 57.6 Å². The van der Waals surface area contributed by atoms with Crippen LogP contribution in [-0.2, 0) is 4.79 Å². The van der Waals surface area contributed by atoms with Crippen molar-refractivity contribution >= 4 is 23.5 Å². The molecule has 1 amide bonds. The lowest BCUT2D eigenvalue weighted by Gasteiger charge is -2.44. The number of carboxylic acid groups (broad SMARTS) is 1. The minimum atomic E-state index is -0.952. The number of amides is 1. The van der Waals surface area contributed by atoms with E-state index >= 15 is 0 Å². The van der Waals surface area contributed by atoms with Gasteiger partial charge in [-0.3, -0.25) is 4.79 Å². The highest BCUT2D eigenvalue weighted by Crippen LogP contribution is 2.36. The highest BCUT2D eigenvalue weighted by molar-refractivity contribution is 6.31. The Bertz CT molecular complexity index is 563. The van der Waals surface area contributed by atoms with Crippen molar-refractivity contribution in [2.45, 2.75) is 39.7 Å². The number of halogens is 1. The molecule has 5 heteroatoms. The molecular formula is C16H20ClNO3. The van der Waals surface area contributed by atoms with Gasteiger partial charge in [0.15, 0.2) is 0 Å². The fourth-order valence-electron chi connectivity index (χ4n) is 3.10. The van der Waals surface area contributed by atoms with Crippen molar-refractivity contribution in [1.29, 1.82) is 0 Å². The number of hydrogen-bond acceptors (Lipinski definition) is 2. The highest BCUT2D eigenvalue weighted by atomic mass is 35.5. The quantitative estimate of drug-likeness (QED) is 0.911. The molecule has 0 spiro atoms. The summed E-state index contributed by atoms with van der Waals surface area (Å²) in [4.78, 5) is 25.8. The van der Waals surface area contributed by atoms with Crippen LogP contribution in [0.25, 0.3) is 0 Å². The van der Waals surface area contributed by atoms with Gasteiger partial charge in [-0.15, -0.1) is 0 Å². The number of nitrogens with zero attached hydrogens (tertiary/aromatic N) is 1. The molecule has 1 N–H and O–H groups in total. The highest BCUT2D eigenvalue weighted by Gasteiger charge is 2.44. The summed E-state index contributed by atoms with van der Waals surface area (Å²) in [5, 5.41) is 10.0. The second-order valence-corrected chi connectivity index (χ2v) is 6.79. The van der Waals surface area contributed by atoms with E-state index in [0.717, 1.165) is 18.4 Å². The van der Waals surface area contributed by atoms with Gasteiger partial charge in [0.25, 0.3) is 5.91 Å². The summed E-state index contributed by atoms with van der Waals surface area (Å²) in [6, 6.07) is 4.30. The van der Waals surface area contributed by atoms with E-state index in [-0.39, 0.29) is 5.91 Å². The lowest BCUT2D eigenvalue weighted by Crippen LogP contribution is -2.56. The molecule has 1 fully saturated rings. The molecule has 1 heterocycles. The number of likely N-dealkylation sites (tertiary alicyclic amines) is 1. The summed E-state index contributed by atoms with van der Waals surface area (Å²) in [6.07, 6.45) is 1.60. The maximum absolute atomic E-state index is 12.7. The number of rotatable bonds is 2. The molecule has 0 saturated carbocycles. The first-order chi connectivity index (χ1) is 9.72. The standard InChI is InChI=1S/C16H20ClNO3/c1-10-7-11(9-12(17)8-10)14(19)18-6-4-5-16(2,3)13(18)15(20)21/h7-9,13H,4-6H2,1-3H3,(H,20,21). The van der Waals surface area contributed by atoms with Gasteiger partial charge in [-0.2, -0.15) is 0 Å². The predicted octanol–water partition coefficient (Wildman–Crippen LogP) is 3.36. The zero-order chi connectivity index (χ0) is 15.8. The van der Waals surface area contributed by atoms with E-state index in [1.807, 2.05) is 20.8 Å². The maximum Gasteiger partial charge on any atom is 0.326 e. The lowest BCUT2D eigenvalue weighted by atomic mass is 9.76. The molecule has 1 aromatic rings. The number of aliphatic carboxylic acids is 1. The van der Waals surface area contributed by atoms with Crippen LogP contribution in [0.3, 0.4) is 0 Å².